The summed E-state index contributed by atoms with van der Waals surface area (Å²) in [6, 6.07) is 8.03. The highest BCUT2D eigenvalue weighted by atomic mass is 79.9. The van der Waals surface area contributed by atoms with E-state index < -0.39 is 0 Å². The minimum Gasteiger partial charge on any atom is -0.301 e. The zero-order valence-electron chi connectivity index (χ0n) is 9.73. The van der Waals surface area contributed by atoms with Gasteiger partial charge in [-0.2, -0.15) is 5.10 Å². The van der Waals surface area contributed by atoms with Crippen molar-refractivity contribution in [1.29, 1.82) is 0 Å². The topological polar surface area (TPSA) is 48.0 Å². The Morgan fingerprint density at radius 2 is 2.05 bits per heavy atom. The number of imidazole rings is 1. The molecule has 3 heterocycles. The van der Waals surface area contributed by atoms with E-state index in [2.05, 4.69) is 31.0 Å². The molecule has 3 aromatic heterocycles. The van der Waals surface area contributed by atoms with Crippen molar-refractivity contribution in [2.24, 2.45) is 0 Å². The molecule has 0 saturated carbocycles. The summed E-state index contributed by atoms with van der Waals surface area (Å²) in [5.74, 6) is 0.709. The Balaban J connectivity index is 2.11. The van der Waals surface area contributed by atoms with E-state index in [9.17, 15) is 0 Å². The highest BCUT2D eigenvalue weighted by molar-refractivity contribution is 9.10. The molecule has 1 aromatic carbocycles. The first-order chi connectivity index (χ1) is 9.33. The molecule has 92 valence electrons. The Kier molecular flexibility index (Phi) is 2.19. The third-order valence-corrected chi connectivity index (χ3v) is 3.39. The van der Waals surface area contributed by atoms with Gasteiger partial charge in [0.25, 0.3) is 0 Å². The first-order valence-electron chi connectivity index (χ1n) is 5.75. The summed E-state index contributed by atoms with van der Waals surface area (Å²) in [6.07, 6.45) is 7.34. The Morgan fingerprint density at radius 1 is 1.16 bits per heavy atom. The molecule has 4 aromatic rings. The highest BCUT2D eigenvalue weighted by Crippen LogP contribution is 2.21. The predicted octanol–water partition coefficient (Wildman–Crippen LogP) is 2.83. The van der Waals surface area contributed by atoms with E-state index >= 15 is 0 Å². The lowest BCUT2D eigenvalue weighted by Crippen LogP contribution is -2.03. The summed E-state index contributed by atoms with van der Waals surface area (Å²) in [5.41, 5.74) is 1.79. The minimum absolute atomic E-state index is 0.709. The zero-order chi connectivity index (χ0) is 12.8. The van der Waals surface area contributed by atoms with Gasteiger partial charge in [0.15, 0.2) is 11.5 Å². The second-order valence-corrected chi connectivity index (χ2v) is 4.97. The van der Waals surface area contributed by atoms with Gasteiger partial charge < -0.3 is 4.40 Å². The average molecular weight is 314 g/mol. The fraction of sp³-hybridized carbons (Fsp3) is 0. The van der Waals surface area contributed by atoms with Crippen LogP contribution in [0.4, 0.5) is 0 Å². The summed E-state index contributed by atoms with van der Waals surface area (Å²) < 4.78 is 4.47. The first kappa shape index (κ1) is 10.7. The van der Waals surface area contributed by atoms with Crippen LogP contribution in [0.15, 0.2) is 53.7 Å². The Bertz CT molecular complexity index is 892. The monoisotopic (exact) mass is 313 g/mol. The summed E-state index contributed by atoms with van der Waals surface area (Å²) in [7, 11) is 0. The van der Waals surface area contributed by atoms with Crippen molar-refractivity contribution in [3.63, 3.8) is 0 Å². The van der Waals surface area contributed by atoms with Crippen molar-refractivity contribution in [3.05, 3.63) is 53.7 Å². The number of rotatable bonds is 1. The van der Waals surface area contributed by atoms with E-state index in [1.165, 1.54) is 0 Å². The van der Waals surface area contributed by atoms with Crippen LogP contribution in [0, 0.1) is 0 Å². The Labute approximate surface area is 116 Å². The molecule has 0 fully saturated rings. The molecule has 0 aliphatic carbocycles. The number of halogens is 1. The summed E-state index contributed by atoms with van der Waals surface area (Å²) in [4.78, 5) is 8.84. The van der Waals surface area contributed by atoms with Gasteiger partial charge in [-0.3, -0.25) is 0 Å². The summed E-state index contributed by atoms with van der Waals surface area (Å²) in [5, 5.41) is 5.49. The van der Waals surface area contributed by atoms with E-state index in [-0.39, 0.29) is 0 Å². The lowest BCUT2D eigenvalue weighted by molar-refractivity contribution is 0.862. The minimum atomic E-state index is 0.709. The fourth-order valence-corrected chi connectivity index (χ4v) is 2.56. The van der Waals surface area contributed by atoms with Crippen LogP contribution in [0.1, 0.15) is 0 Å². The van der Waals surface area contributed by atoms with Crippen molar-refractivity contribution in [2.75, 3.05) is 0 Å². The molecule has 0 N–H and O–H groups in total. The van der Waals surface area contributed by atoms with Crippen molar-refractivity contribution in [2.45, 2.75) is 0 Å². The van der Waals surface area contributed by atoms with Crippen molar-refractivity contribution in [1.82, 2.24) is 24.1 Å². The Morgan fingerprint density at radius 3 is 3.00 bits per heavy atom. The van der Waals surface area contributed by atoms with Crippen molar-refractivity contribution < 1.29 is 0 Å². The molecule has 4 rings (SSSR count). The molecule has 0 aliphatic rings. The molecule has 19 heavy (non-hydrogen) atoms. The standard InChI is InChI=1S/C13H8BrN5/c14-11-8-18-6-5-15-12(18)13(17-11)19-10-4-2-1-3-9(10)7-16-19/h1-8H. The molecule has 0 bridgehead atoms. The molecule has 0 saturated heterocycles. The maximum atomic E-state index is 4.50. The number of aromatic nitrogens is 5. The molecule has 0 atom stereocenters. The van der Waals surface area contributed by atoms with Gasteiger partial charge in [0.05, 0.1) is 11.7 Å². The van der Waals surface area contributed by atoms with Gasteiger partial charge >= 0.3 is 0 Å². The van der Waals surface area contributed by atoms with E-state index in [1.807, 2.05) is 51.9 Å². The van der Waals surface area contributed by atoms with Crippen LogP contribution >= 0.6 is 15.9 Å². The van der Waals surface area contributed by atoms with Crippen LogP contribution in [-0.2, 0) is 0 Å². The van der Waals surface area contributed by atoms with Gasteiger partial charge in [0.2, 0.25) is 0 Å². The summed E-state index contributed by atoms with van der Waals surface area (Å²) in [6.45, 7) is 0. The van der Waals surface area contributed by atoms with E-state index in [1.54, 1.807) is 6.20 Å². The Hall–Kier alpha value is -2.21. The molecular weight excluding hydrogens is 306 g/mol. The van der Waals surface area contributed by atoms with Crippen LogP contribution in [0.25, 0.3) is 22.4 Å². The lowest BCUT2D eigenvalue weighted by atomic mass is 10.2. The van der Waals surface area contributed by atoms with Crippen LogP contribution in [-0.4, -0.2) is 24.1 Å². The molecular formula is C13H8BrN5. The number of benzene rings is 1. The largest absolute Gasteiger partial charge is 0.301 e. The van der Waals surface area contributed by atoms with Crippen LogP contribution < -0.4 is 0 Å². The molecule has 6 heteroatoms. The fourth-order valence-electron chi connectivity index (χ4n) is 2.17. The molecule has 0 amide bonds. The second kappa shape index (κ2) is 3.89. The number of nitrogens with zero attached hydrogens (tertiary/aromatic N) is 5. The quantitative estimate of drug-likeness (QED) is 0.543. The normalized spacial score (nSPS) is 11.4. The number of fused-ring (bicyclic) bond motifs is 2. The van der Waals surface area contributed by atoms with Gasteiger partial charge in [0, 0.05) is 24.0 Å². The van der Waals surface area contributed by atoms with Crippen LogP contribution in [0.5, 0.6) is 0 Å². The van der Waals surface area contributed by atoms with Crippen LogP contribution in [0.2, 0.25) is 0 Å². The second-order valence-electron chi connectivity index (χ2n) is 4.16. The van der Waals surface area contributed by atoms with E-state index in [0.717, 1.165) is 21.2 Å². The van der Waals surface area contributed by atoms with Crippen LogP contribution in [0.3, 0.4) is 0 Å². The number of para-hydroxylation sites is 1. The van der Waals surface area contributed by atoms with Gasteiger partial charge in [-0.25, -0.2) is 14.6 Å². The predicted molar refractivity (Wildman–Crippen MR) is 75.3 cm³/mol. The molecule has 0 spiro atoms. The maximum Gasteiger partial charge on any atom is 0.199 e. The molecule has 0 radical (unpaired) electrons. The smallest absolute Gasteiger partial charge is 0.199 e. The van der Waals surface area contributed by atoms with Gasteiger partial charge in [-0.05, 0) is 22.0 Å². The third kappa shape index (κ3) is 1.57. The average Bonchev–Trinajstić information content (AvgIpc) is 3.03. The SMILES string of the molecule is Brc1cn2ccnc2c(-n2ncc3ccccc32)n1. The lowest BCUT2D eigenvalue weighted by Gasteiger charge is -2.05. The van der Waals surface area contributed by atoms with Crippen molar-refractivity contribution >= 4 is 32.5 Å². The maximum absolute atomic E-state index is 4.50. The third-order valence-electron chi connectivity index (χ3n) is 3.00. The summed E-state index contributed by atoms with van der Waals surface area (Å²) >= 11 is 3.42. The van der Waals surface area contributed by atoms with Gasteiger partial charge in [-0.1, -0.05) is 18.2 Å². The van der Waals surface area contributed by atoms with Gasteiger partial charge in [-0.15, -0.1) is 0 Å². The highest BCUT2D eigenvalue weighted by Gasteiger charge is 2.12. The first-order valence-corrected chi connectivity index (χ1v) is 6.54. The molecule has 0 unspecified atom stereocenters. The number of hydrogen-bond donors (Lipinski definition) is 0. The van der Waals surface area contributed by atoms with Gasteiger partial charge in [0.1, 0.15) is 4.60 Å². The van der Waals surface area contributed by atoms with E-state index in [0.29, 0.717) is 5.82 Å². The van der Waals surface area contributed by atoms with Crippen molar-refractivity contribution in [3.8, 4) is 5.82 Å². The molecule has 5 nitrogen and oxygen atoms in total. The van der Waals surface area contributed by atoms with E-state index in [4.69, 9.17) is 0 Å². The molecule has 0 aliphatic heterocycles. The zero-order valence-corrected chi connectivity index (χ0v) is 11.3. The number of hydrogen-bond acceptors (Lipinski definition) is 3.